The largest absolute Gasteiger partial charge is 0.457 e. The van der Waals surface area contributed by atoms with Crippen LogP contribution in [0.2, 0.25) is 0 Å². The summed E-state index contributed by atoms with van der Waals surface area (Å²) < 4.78 is 5.14. The Morgan fingerprint density at radius 3 is 2.50 bits per heavy atom. The number of carbonyl (C=O) groups excluding carboxylic acids is 1. The quantitative estimate of drug-likeness (QED) is 0.384. The Bertz CT molecular complexity index is 261. The van der Waals surface area contributed by atoms with Crippen LogP contribution < -0.4 is 0 Å². The van der Waals surface area contributed by atoms with E-state index < -0.39 is 5.60 Å². The molecule has 0 spiro atoms. The Hall–Kier alpha value is -1.05. The Labute approximate surface area is 85.6 Å². The normalized spacial score (nSPS) is 18.4. The summed E-state index contributed by atoms with van der Waals surface area (Å²) in [5.74, 6) is 0.241. The van der Waals surface area contributed by atoms with Crippen molar-refractivity contribution in [1.29, 1.82) is 0 Å². The van der Waals surface area contributed by atoms with Crippen LogP contribution in [-0.4, -0.2) is 11.6 Å². The molecule has 78 valence electrons. The van der Waals surface area contributed by atoms with E-state index in [1.807, 2.05) is 26.8 Å². The van der Waals surface area contributed by atoms with Crippen molar-refractivity contribution in [2.24, 2.45) is 5.92 Å². The Kier molecular flexibility index (Phi) is 3.14. The maximum Gasteiger partial charge on any atom is 0.330 e. The van der Waals surface area contributed by atoms with E-state index in [0.717, 1.165) is 12.8 Å². The van der Waals surface area contributed by atoms with E-state index in [-0.39, 0.29) is 5.97 Å². The van der Waals surface area contributed by atoms with Crippen molar-refractivity contribution in [1.82, 2.24) is 0 Å². The molecule has 0 aromatic carbocycles. The third-order valence-corrected chi connectivity index (χ3v) is 2.01. The van der Waals surface area contributed by atoms with Gasteiger partial charge in [0.25, 0.3) is 0 Å². The number of hydrogen-bond acceptors (Lipinski definition) is 2. The van der Waals surface area contributed by atoms with Crippen LogP contribution in [0, 0.1) is 5.92 Å². The van der Waals surface area contributed by atoms with Crippen LogP contribution in [0.15, 0.2) is 24.3 Å². The average Bonchev–Trinajstić information content (AvgIpc) is 1.92. The van der Waals surface area contributed by atoms with E-state index in [1.165, 1.54) is 11.6 Å². The molecular formula is C12H18O2. The van der Waals surface area contributed by atoms with Gasteiger partial charge in [-0.1, -0.05) is 18.2 Å². The molecule has 14 heavy (non-hydrogen) atoms. The van der Waals surface area contributed by atoms with E-state index in [1.54, 1.807) is 0 Å². The molecule has 1 saturated carbocycles. The minimum absolute atomic E-state index is 0.255. The van der Waals surface area contributed by atoms with Crippen molar-refractivity contribution in [2.45, 2.75) is 39.2 Å². The predicted molar refractivity (Wildman–Crippen MR) is 56.8 cm³/mol. The van der Waals surface area contributed by atoms with Gasteiger partial charge in [-0.3, -0.25) is 0 Å². The fraction of sp³-hybridized carbons (Fsp3) is 0.583. The van der Waals surface area contributed by atoms with Gasteiger partial charge >= 0.3 is 5.97 Å². The summed E-state index contributed by atoms with van der Waals surface area (Å²) in [4.78, 5) is 11.3. The van der Waals surface area contributed by atoms with Crippen molar-refractivity contribution in [3.05, 3.63) is 24.3 Å². The number of rotatable bonds is 2. The first-order valence-corrected chi connectivity index (χ1v) is 4.94. The fourth-order valence-electron chi connectivity index (χ4n) is 1.37. The first kappa shape index (κ1) is 11.0. The highest BCUT2D eigenvalue weighted by molar-refractivity contribution is 5.82. The van der Waals surface area contributed by atoms with Crippen molar-refractivity contribution >= 4 is 5.97 Å². The molecule has 0 aromatic heterocycles. The molecule has 0 aromatic rings. The summed E-state index contributed by atoms with van der Waals surface area (Å²) >= 11 is 0. The van der Waals surface area contributed by atoms with E-state index >= 15 is 0 Å². The molecule has 0 bridgehead atoms. The van der Waals surface area contributed by atoms with Gasteiger partial charge in [0.2, 0.25) is 0 Å². The van der Waals surface area contributed by atoms with Crippen LogP contribution >= 0.6 is 0 Å². The summed E-state index contributed by atoms with van der Waals surface area (Å²) in [6.07, 6.45) is 5.48. The molecule has 2 heteroatoms. The average molecular weight is 194 g/mol. The molecule has 0 aliphatic heterocycles. The minimum Gasteiger partial charge on any atom is -0.457 e. The fourth-order valence-corrected chi connectivity index (χ4v) is 1.37. The maximum absolute atomic E-state index is 11.3. The highest BCUT2D eigenvalue weighted by Crippen LogP contribution is 2.32. The second-order valence-corrected chi connectivity index (χ2v) is 4.81. The van der Waals surface area contributed by atoms with Gasteiger partial charge in [0, 0.05) is 6.08 Å². The molecule has 1 rings (SSSR count). The van der Waals surface area contributed by atoms with Gasteiger partial charge in [-0.05, 0) is 39.5 Å². The standard InChI is InChI=1S/C12H18O2/c1-9-7-10(8-9)5-6-11(13)14-12(2,3)4/h5-6,10H,1,7-8H2,2-4H3. The van der Waals surface area contributed by atoms with E-state index in [4.69, 9.17) is 4.74 Å². The first-order valence-electron chi connectivity index (χ1n) is 4.94. The van der Waals surface area contributed by atoms with Crippen LogP contribution in [0.25, 0.3) is 0 Å². The summed E-state index contributed by atoms with van der Waals surface area (Å²) in [6, 6.07) is 0. The molecule has 1 aliphatic rings. The summed E-state index contributed by atoms with van der Waals surface area (Å²) in [5, 5.41) is 0. The molecule has 0 amide bonds. The predicted octanol–water partition coefficient (Wildman–Crippen LogP) is 2.85. The van der Waals surface area contributed by atoms with E-state index in [0.29, 0.717) is 5.92 Å². The molecule has 0 heterocycles. The maximum atomic E-state index is 11.3. The number of allylic oxidation sites excluding steroid dienone is 2. The zero-order chi connectivity index (χ0) is 10.8. The van der Waals surface area contributed by atoms with Gasteiger partial charge in [0.1, 0.15) is 5.60 Å². The summed E-state index contributed by atoms with van der Waals surface area (Å²) in [7, 11) is 0. The Morgan fingerprint density at radius 2 is 2.07 bits per heavy atom. The molecule has 0 unspecified atom stereocenters. The second kappa shape index (κ2) is 3.99. The lowest BCUT2D eigenvalue weighted by Crippen LogP contribution is -2.22. The van der Waals surface area contributed by atoms with Crippen LogP contribution in [0.3, 0.4) is 0 Å². The molecule has 2 nitrogen and oxygen atoms in total. The van der Waals surface area contributed by atoms with Crippen molar-refractivity contribution in [2.75, 3.05) is 0 Å². The highest BCUT2D eigenvalue weighted by Gasteiger charge is 2.19. The molecule has 0 atom stereocenters. The monoisotopic (exact) mass is 194 g/mol. The van der Waals surface area contributed by atoms with Gasteiger partial charge in [0.05, 0.1) is 0 Å². The van der Waals surface area contributed by atoms with Gasteiger partial charge in [-0.2, -0.15) is 0 Å². The van der Waals surface area contributed by atoms with Crippen LogP contribution in [0.5, 0.6) is 0 Å². The van der Waals surface area contributed by atoms with Crippen molar-refractivity contribution in [3.8, 4) is 0 Å². The lowest BCUT2D eigenvalue weighted by atomic mass is 9.81. The third kappa shape index (κ3) is 3.77. The number of esters is 1. The van der Waals surface area contributed by atoms with E-state index in [2.05, 4.69) is 6.58 Å². The zero-order valence-corrected chi connectivity index (χ0v) is 9.17. The highest BCUT2D eigenvalue weighted by atomic mass is 16.6. The third-order valence-electron chi connectivity index (χ3n) is 2.01. The molecule has 0 radical (unpaired) electrons. The minimum atomic E-state index is -0.398. The summed E-state index contributed by atoms with van der Waals surface area (Å²) in [5.41, 5.74) is 0.869. The molecule has 0 N–H and O–H groups in total. The number of hydrogen-bond donors (Lipinski definition) is 0. The van der Waals surface area contributed by atoms with Gasteiger partial charge in [0.15, 0.2) is 0 Å². The molecule has 1 aliphatic carbocycles. The van der Waals surface area contributed by atoms with Crippen molar-refractivity contribution < 1.29 is 9.53 Å². The first-order chi connectivity index (χ1) is 6.37. The topological polar surface area (TPSA) is 26.3 Å². The molecular weight excluding hydrogens is 176 g/mol. The number of ether oxygens (including phenoxy) is 1. The lowest BCUT2D eigenvalue weighted by Gasteiger charge is -2.25. The van der Waals surface area contributed by atoms with Gasteiger partial charge in [-0.25, -0.2) is 4.79 Å². The molecule has 0 saturated heterocycles. The lowest BCUT2D eigenvalue weighted by molar-refractivity contribution is -0.148. The zero-order valence-electron chi connectivity index (χ0n) is 9.17. The van der Waals surface area contributed by atoms with Crippen LogP contribution in [0.1, 0.15) is 33.6 Å². The van der Waals surface area contributed by atoms with Gasteiger partial charge in [-0.15, -0.1) is 0 Å². The van der Waals surface area contributed by atoms with Crippen LogP contribution in [0.4, 0.5) is 0 Å². The number of carbonyl (C=O) groups is 1. The van der Waals surface area contributed by atoms with Gasteiger partial charge < -0.3 is 4.74 Å². The Morgan fingerprint density at radius 1 is 1.50 bits per heavy atom. The Balaban J connectivity index is 2.30. The van der Waals surface area contributed by atoms with Crippen LogP contribution in [-0.2, 0) is 9.53 Å². The second-order valence-electron chi connectivity index (χ2n) is 4.81. The molecule has 1 fully saturated rings. The van der Waals surface area contributed by atoms with Crippen molar-refractivity contribution in [3.63, 3.8) is 0 Å². The smallest absolute Gasteiger partial charge is 0.330 e. The summed E-state index contributed by atoms with van der Waals surface area (Å²) in [6.45, 7) is 9.44. The van der Waals surface area contributed by atoms with E-state index in [9.17, 15) is 4.79 Å². The SMILES string of the molecule is C=C1CC(C=CC(=O)OC(C)(C)C)C1.